The monoisotopic (exact) mass is 357 g/mol. The number of nitrogens with zero attached hydrogens (tertiary/aromatic N) is 1. The molecule has 1 amide bonds. The number of carbonyl (C=O) groups is 1. The number of rotatable bonds is 5. The Hall–Kier alpha value is -1.24. The Kier molecular flexibility index (Phi) is 5.72. The van der Waals surface area contributed by atoms with Crippen molar-refractivity contribution in [3.05, 3.63) is 27.6 Å². The number of amides is 1. The zero-order valence-corrected chi connectivity index (χ0v) is 14.9. The SMILES string of the molecule is CCOc1c(Cl)cc(/C=C2\SC(=S)N(CC)C2=O)cc1OC. The first-order valence-electron chi connectivity index (χ1n) is 6.77. The van der Waals surface area contributed by atoms with E-state index in [1.54, 1.807) is 30.2 Å². The molecule has 22 heavy (non-hydrogen) atoms. The van der Waals surface area contributed by atoms with Crippen molar-refractivity contribution in [1.82, 2.24) is 4.90 Å². The van der Waals surface area contributed by atoms with E-state index in [0.29, 0.717) is 38.9 Å². The maximum absolute atomic E-state index is 12.2. The fourth-order valence-corrected chi connectivity index (χ4v) is 3.69. The summed E-state index contributed by atoms with van der Waals surface area (Å²) in [7, 11) is 1.55. The zero-order chi connectivity index (χ0) is 16.3. The highest BCUT2D eigenvalue weighted by Crippen LogP contribution is 2.38. The molecule has 1 aromatic rings. The van der Waals surface area contributed by atoms with Crippen molar-refractivity contribution >= 4 is 51.9 Å². The molecular formula is C15H16ClNO3S2. The van der Waals surface area contributed by atoms with E-state index >= 15 is 0 Å². The lowest BCUT2D eigenvalue weighted by Crippen LogP contribution is -2.27. The molecule has 0 unspecified atom stereocenters. The molecule has 7 heteroatoms. The van der Waals surface area contributed by atoms with Gasteiger partial charge in [-0.05, 0) is 37.6 Å². The first-order valence-corrected chi connectivity index (χ1v) is 8.37. The van der Waals surface area contributed by atoms with Gasteiger partial charge in [0.25, 0.3) is 5.91 Å². The summed E-state index contributed by atoms with van der Waals surface area (Å²) >= 11 is 12.7. The van der Waals surface area contributed by atoms with E-state index in [1.165, 1.54) is 11.8 Å². The van der Waals surface area contributed by atoms with Crippen LogP contribution in [0.25, 0.3) is 6.08 Å². The molecule has 0 atom stereocenters. The molecule has 1 fully saturated rings. The molecule has 1 saturated heterocycles. The molecule has 0 aromatic heterocycles. The van der Waals surface area contributed by atoms with E-state index in [1.807, 2.05) is 13.8 Å². The van der Waals surface area contributed by atoms with Gasteiger partial charge >= 0.3 is 0 Å². The number of hydrogen-bond donors (Lipinski definition) is 0. The number of thioether (sulfide) groups is 1. The first kappa shape index (κ1) is 17.1. The molecule has 0 radical (unpaired) electrons. The summed E-state index contributed by atoms with van der Waals surface area (Å²) in [6.45, 7) is 4.82. The number of hydrogen-bond acceptors (Lipinski definition) is 5. The van der Waals surface area contributed by atoms with Gasteiger partial charge in [-0.3, -0.25) is 9.69 Å². The molecule has 1 aliphatic rings. The largest absolute Gasteiger partial charge is 0.493 e. The van der Waals surface area contributed by atoms with Gasteiger partial charge in [0.1, 0.15) is 4.32 Å². The fourth-order valence-electron chi connectivity index (χ4n) is 2.03. The summed E-state index contributed by atoms with van der Waals surface area (Å²) in [6.07, 6.45) is 1.76. The molecule has 0 N–H and O–H groups in total. The van der Waals surface area contributed by atoms with Crippen molar-refractivity contribution < 1.29 is 14.3 Å². The normalized spacial score (nSPS) is 16.5. The number of carbonyl (C=O) groups excluding carboxylic acids is 1. The highest BCUT2D eigenvalue weighted by Gasteiger charge is 2.30. The van der Waals surface area contributed by atoms with Gasteiger partial charge in [-0.1, -0.05) is 35.6 Å². The van der Waals surface area contributed by atoms with Crippen LogP contribution in [0, 0.1) is 0 Å². The molecule has 4 nitrogen and oxygen atoms in total. The predicted molar refractivity (Wildman–Crippen MR) is 94.7 cm³/mol. The van der Waals surface area contributed by atoms with E-state index in [-0.39, 0.29) is 5.91 Å². The molecular weight excluding hydrogens is 342 g/mol. The lowest BCUT2D eigenvalue weighted by molar-refractivity contribution is -0.121. The first-order chi connectivity index (χ1) is 10.5. The van der Waals surface area contributed by atoms with Crippen LogP contribution in [0.5, 0.6) is 11.5 Å². The van der Waals surface area contributed by atoms with Gasteiger partial charge in [-0.15, -0.1) is 0 Å². The number of halogens is 1. The smallest absolute Gasteiger partial charge is 0.266 e. The van der Waals surface area contributed by atoms with Gasteiger partial charge in [-0.25, -0.2) is 0 Å². The third-order valence-corrected chi connectivity index (χ3v) is 4.69. The van der Waals surface area contributed by atoms with Crippen LogP contribution >= 0.6 is 35.6 Å². The molecule has 1 aromatic carbocycles. The standard InChI is InChI=1S/C15H16ClNO3S2/c1-4-17-14(18)12(22-15(17)21)8-9-6-10(16)13(20-5-2)11(7-9)19-3/h6-8H,4-5H2,1-3H3/b12-8-. The Morgan fingerprint density at radius 2 is 2.14 bits per heavy atom. The lowest BCUT2D eigenvalue weighted by Gasteiger charge is -2.12. The van der Waals surface area contributed by atoms with Crippen molar-refractivity contribution in [3.8, 4) is 11.5 Å². The Morgan fingerprint density at radius 3 is 2.68 bits per heavy atom. The quantitative estimate of drug-likeness (QED) is 0.589. The summed E-state index contributed by atoms with van der Waals surface area (Å²) in [5, 5.41) is 0.443. The topological polar surface area (TPSA) is 38.8 Å². The Balaban J connectivity index is 2.38. The number of thiocarbonyl (C=S) groups is 1. The second-order valence-corrected chi connectivity index (χ2v) is 6.48. The molecule has 0 aliphatic carbocycles. The van der Waals surface area contributed by atoms with Crippen molar-refractivity contribution in [2.45, 2.75) is 13.8 Å². The summed E-state index contributed by atoms with van der Waals surface area (Å²) in [6, 6.07) is 3.53. The molecule has 1 aliphatic heterocycles. The van der Waals surface area contributed by atoms with Crippen molar-refractivity contribution in [1.29, 1.82) is 0 Å². The zero-order valence-electron chi connectivity index (χ0n) is 12.5. The van der Waals surface area contributed by atoms with Gasteiger partial charge in [0.05, 0.1) is 23.6 Å². The predicted octanol–water partition coefficient (Wildman–Crippen LogP) is 3.97. The van der Waals surface area contributed by atoms with Crippen molar-refractivity contribution in [2.75, 3.05) is 20.3 Å². The Bertz CT molecular complexity index is 646. The second kappa shape index (κ2) is 7.35. The van der Waals surface area contributed by atoms with Crippen LogP contribution in [-0.2, 0) is 4.79 Å². The number of ether oxygens (including phenoxy) is 2. The highest BCUT2D eigenvalue weighted by molar-refractivity contribution is 8.26. The minimum absolute atomic E-state index is 0.0820. The van der Waals surface area contributed by atoms with Gasteiger partial charge in [0, 0.05) is 6.54 Å². The van der Waals surface area contributed by atoms with E-state index in [4.69, 9.17) is 33.3 Å². The lowest BCUT2D eigenvalue weighted by atomic mass is 10.2. The van der Waals surface area contributed by atoms with Crippen LogP contribution in [0.4, 0.5) is 0 Å². The van der Waals surface area contributed by atoms with Crippen LogP contribution in [0.3, 0.4) is 0 Å². The van der Waals surface area contributed by atoms with Crippen LogP contribution < -0.4 is 9.47 Å². The van der Waals surface area contributed by atoms with Gasteiger partial charge in [0.15, 0.2) is 11.5 Å². The number of benzene rings is 1. The third kappa shape index (κ3) is 3.39. The van der Waals surface area contributed by atoms with Crippen molar-refractivity contribution in [2.24, 2.45) is 0 Å². The fraction of sp³-hybridized carbons (Fsp3) is 0.333. The van der Waals surface area contributed by atoms with Crippen LogP contribution in [0.1, 0.15) is 19.4 Å². The van der Waals surface area contributed by atoms with Crippen molar-refractivity contribution in [3.63, 3.8) is 0 Å². The molecule has 2 rings (SSSR count). The second-order valence-electron chi connectivity index (χ2n) is 4.39. The summed E-state index contributed by atoms with van der Waals surface area (Å²) in [4.78, 5) is 14.4. The highest BCUT2D eigenvalue weighted by atomic mass is 35.5. The molecule has 1 heterocycles. The average Bonchev–Trinajstić information content (AvgIpc) is 2.75. The molecule has 0 spiro atoms. The van der Waals surface area contributed by atoms with E-state index in [0.717, 1.165) is 5.56 Å². The van der Waals surface area contributed by atoms with Crippen LogP contribution in [-0.4, -0.2) is 35.4 Å². The van der Waals surface area contributed by atoms with Gasteiger partial charge in [0.2, 0.25) is 0 Å². The third-order valence-electron chi connectivity index (χ3n) is 3.03. The maximum Gasteiger partial charge on any atom is 0.266 e. The Labute approximate surface area is 144 Å². The number of likely N-dealkylation sites (N-methyl/N-ethyl adjacent to an activating group) is 1. The van der Waals surface area contributed by atoms with Crippen LogP contribution in [0.15, 0.2) is 17.0 Å². The van der Waals surface area contributed by atoms with Gasteiger partial charge < -0.3 is 9.47 Å². The minimum atomic E-state index is -0.0820. The number of methoxy groups -OCH3 is 1. The summed E-state index contributed by atoms with van der Waals surface area (Å²) < 4.78 is 11.4. The minimum Gasteiger partial charge on any atom is -0.493 e. The average molecular weight is 358 g/mol. The molecule has 118 valence electrons. The molecule has 0 saturated carbocycles. The van der Waals surface area contributed by atoms with Gasteiger partial charge in [-0.2, -0.15) is 0 Å². The van der Waals surface area contributed by atoms with E-state index in [2.05, 4.69) is 0 Å². The van der Waals surface area contributed by atoms with E-state index < -0.39 is 0 Å². The Morgan fingerprint density at radius 1 is 1.41 bits per heavy atom. The van der Waals surface area contributed by atoms with Crippen LogP contribution in [0.2, 0.25) is 5.02 Å². The molecule has 0 bridgehead atoms. The van der Waals surface area contributed by atoms with E-state index in [9.17, 15) is 4.79 Å². The summed E-state index contributed by atoms with van der Waals surface area (Å²) in [5.41, 5.74) is 0.766. The summed E-state index contributed by atoms with van der Waals surface area (Å²) in [5.74, 6) is 0.956. The maximum atomic E-state index is 12.2.